The predicted molar refractivity (Wildman–Crippen MR) is 229 cm³/mol. The third-order valence-corrected chi connectivity index (χ3v) is 11.0. The van der Waals surface area contributed by atoms with Crippen molar-refractivity contribution in [3.8, 4) is 0 Å². The van der Waals surface area contributed by atoms with Crippen molar-refractivity contribution in [2.75, 3.05) is 18.9 Å². The molecule has 25 nitrogen and oxygen atoms in total. The minimum Gasteiger partial charge on any atom is -0.481 e. The van der Waals surface area contributed by atoms with E-state index in [1.54, 1.807) is 12.1 Å². The molecule has 0 aliphatic heterocycles. The standard InChI is InChI=1S/C42H57N7O18/c1-3-20(40(64)65)13-26(54)31(36(61)34(59)28(56)17-51)47-38(62)18(2)12-25(53)30(35(60)33(58)27(55)16-50)46-29(57)11-9-22(41(66)67)14-24(52)21-7-4-19(5-8-21)6-10-23-15-44-37-32(45-23)39(63)49-42(43)48-37/h4-5,7-8,15,18,20,22,27-28,30-31,33-36,50-51,55-56,58-61H,3,6,9-14,16-17H2,1-2H3,(H,46,57)(H,47,62)(H,64,65)(H,66,67)(H3,43,44,48,49,63)/t18-,20-,22-,27-,28-,30-,31-,33-,34-,35-,36-/m1/s1. The van der Waals surface area contributed by atoms with Gasteiger partial charge in [-0.15, -0.1) is 0 Å². The summed E-state index contributed by atoms with van der Waals surface area (Å²) in [6, 6.07) is 2.02. The number of rotatable bonds is 29. The number of hydrogen-bond donors (Lipinski definition) is 14. The molecule has 2 amide bonds. The van der Waals surface area contributed by atoms with Gasteiger partial charge in [-0.2, -0.15) is 4.98 Å². The summed E-state index contributed by atoms with van der Waals surface area (Å²) >= 11 is 0. The Morgan fingerprint density at radius 2 is 1.28 bits per heavy atom. The van der Waals surface area contributed by atoms with Crippen LogP contribution in [-0.2, 0) is 41.6 Å². The number of benzene rings is 1. The van der Waals surface area contributed by atoms with E-state index in [0.29, 0.717) is 18.5 Å². The molecular formula is C42H57N7O18. The Hall–Kier alpha value is -6.19. The van der Waals surface area contributed by atoms with E-state index in [2.05, 4.69) is 30.6 Å². The van der Waals surface area contributed by atoms with Crippen molar-refractivity contribution in [1.29, 1.82) is 0 Å². The van der Waals surface area contributed by atoms with Gasteiger partial charge in [-0.25, -0.2) is 9.97 Å². The Balaban J connectivity index is 1.69. The van der Waals surface area contributed by atoms with Gasteiger partial charge in [0.05, 0.1) is 36.9 Å². The smallest absolute Gasteiger partial charge is 0.306 e. The molecule has 2 heterocycles. The lowest BCUT2D eigenvalue weighted by atomic mass is 9.89. The second kappa shape index (κ2) is 25.6. The van der Waals surface area contributed by atoms with Crippen molar-refractivity contribution in [3.05, 3.63) is 57.6 Å². The fourth-order valence-electron chi connectivity index (χ4n) is 6.80. The van der Waals surface area contributed by atoms with Crippen LogP contribution in [0.15, 0.2) is 35.3 Å². The van der Waals surface area contributed by atoms with Crippen LogP contribution in [0.5, 0.6) is 0 Å². The molecule has 0 radical (unpaired) electrons. The number of fused-ring (bicyclic) bond motifs is 1. The zero-order valence-electron chi connectivity index (χ0n) is 36.5. The number of aliphatic hydroxyl groups is 8. The molecule has 0 saturated carbocycles. The number of aromatic amines is 1. The maximum atomic E-state index is 13.6. The highest BCUT2D eigenvalue weighted by molar-refractivity contribution is 5.98. The number of carboxylic acid groups (broad SMARTS) is 2. The number of hydrogen-bond acceptors (Lipinski definition) is 20. The number of nitrogens with zero attached hydrogens (tertiary/aromatic N) is 3. The molecule has 368 valence electrons. The van der Waals surface area contributed by atoms with Gasteiger partial charge in [0.1, 0.15) is 48.7 Å². The van der Waals surface area contributed by atoms with Crippen molar-refractivity contribution in [1.82, 2.24) is 30.6 Å². The van der Waals surface area contributed by atoms with Gasteiger partial charge >= 0.3 is 11.9 Å². The second-order valence-corrected chi connectivity index (χ2v) is 16.1. The Kier molecular flexibility index (Phi) is 21.1. The average Bonchev–Trinajstić information content (AvgIpc) is 3.30. The molecule has 0 bridgehead atoms. The molecule has 0 fully saturated rings. The van der Waals surface area contributed by atoms with E-state index in [9.17, 15) is 89.4 Å². The second-order valence-electron chi connectivity index (χ2n) is 16.1. The van der Waals surface area contributed by atoms with Crippen molar-refractivity contribution in [2.24, 2.45) is 17.8 Å². The van der Waals surface area contributed by atoms with Gasteiger partial charge in [0, 0.05) is 37.2 Å². The average molecular weight is 948 g/mol. The summed E-state index contributed by atoms with van der Waals surface area (Å²) in [6.45, 7) is 0.352. The third-order valence-electron chi connectivity index (χ3n) is 11.0. The number of Topliss-reactive ketones (excluding diaryl/α,β-unsaturated/α-hetero) is 3. The maximum Gasteiger partial charge on any atom is 0.306 e. The van der Waals surface area contributed by atoms with E-state index in [-0.39, 0.29) is 29.1 Å². The highest BCUT2D eigenvalue weighted by Crippen LogP contribution is 2.20. The van der Waals surface area contributed by atoms with Crippen molar-refractivity contribution in [2.45, 2.75) is 114 Å². The molecule has 0 aliphatic carbocycles. The first-order chi connectivity index (χ1) is 31.5. The van der Waals surface area contributed by atoms with E-state index in [4.69, 9.17) is 5.73 Å². The van der Waals surface area contributed by atoms with E-state index >= 15 is 0 Å². The highest BCUT2D eigenvalue weighted by atomic mass is 16.4. The number of aliphatic carboxylic acids is 2. The van der Waals surface area contributed by atoms with E-state index in [1.807, 2.05) is 0 Å². The Morgan fingerprint density at radius 1 is 0.731 bits per heavy atom. The van der Waals surface area contributed by atoms with Crippen LogP contribution in [0.4, 0.5) is 5.95 Å². The van der Waals surface area contributed by atoms with Crippen LogP contribution in [-0.4, -0.2) is 174 Å². The quantitative estimate of drug-likeness (QED) is 0.0294. The molecule has 15 N–H and O–H groups in total. The molecule has 0 unspecified atom stereocenters. The molecule has 25 heteroatoms. The molecule has 3 aromatic rings. The Bertz CT molecular complexity index is 2280. The number of aryl methyl sites for hydroxylation is 2. The summed E-state index contributed by atoms with van der Waals surface area (Å²) in [4.78, 5) is 117. The summed E-state index contributed by atoms with van der Waals surface area (Å²) in [6.07, 6.45) is -14.4. The zero-order chi connectivity index (χ0) is 50.3. The lowest BCUT2D eigenvalue weighted by Gasteiger charge is -2.31. The van der Waals surface area contributed by atoms with Gasteiger partial charge in [0.15, 0.2) is 28.5 Å². The number of carboxylic acids is 2. The lowest BCUT2D eigenvalue weighted by Crippen LogP contribution is -2.58. The maximum absolute atomic E-state index is 13.6. The van der Waals surface area contributed by atoms with E-state index in [0.717, 1.165) is 12.5 Å². The summed E-state index contributed by atoms with van der Waals surface area (Å²) in [5.74, 6) is -12.3. The number of H-pyrrole nitrogens is 1. The van der Waals surface area contributed by atoms with Gasteiger partial charge in [-0.05, 0) is 31.2 Å². The fourth-order valence-corrected chi connectivity index (χ4v) is 6.80. The van der Waals surface area contributed by atoms with Gasteiger partial charge in [-0.1, -0.05) is 38.1 Å². The topological polar surface area (TPSA) is 443 Å². The number of carbonyl (C=O) groups is 7. The molecule has 0 saturated heterocycles. The summed E-state index contributed by atoms with van der Waals surface area (Å²) in [5.41, 5.74) is 6.48. The summed E-state index contributed by atoms with van der Waals surface area (Å²) in [7, 11) is 0. The Morgan fingerprint density at radius 3 is 1.82 bits per heavy atom. The minimum absolute atomic E-state index is 0.0119. The molecule has 0 spiro atoms. The van der Waals surface area contributed by atoms with Crippen LogP contribution >= 0.6 is 0 Å². The van der Waals surface area contributed by atoms with E-state index in [1.165, 1.54) is 25.3 Å². The molecule has 1 aromatic carbocycles. The van der Waals surface area contributed by atoms with Crippen molar-refractivity contribution < 1.29 is 84.6 Å². The number of nitrogens with one attached hydrogen (secondary N) is 3. The Labute approximate surface area is 381 Å². The number of aliphatic hydroxyl groups excluding tert-OH is 8. The van der Waals surface area contributed by atoms with Crippen LogP contribution in [0, 0.1) is 17.8 Å². The predicted octanol–water partition coefficient (Wildman–Crippen LogP) is -4.08. The van der Waals surface area contributed by atoms with Crippen LogP contribution in [0.1, 0.15) is 74.0 Å². The number of carbonyl (C=O) groups excluding carboxylic acids is 5. The van der Waals surface area contributed by atoms with Gasteiger partial charge < -0.3 is 67.4 Å². The molecule has 2 aromatic heterocycles. The normalized spacial score (nSPS) is 16.5. The van der Waals surface area contributed by atoms with Crippen molar-refractivity contribution in [3.63, 3.8) is 0 Å². The molecule has 0 aliphatic rings. The summed E-state index contributed by atoms with van der Waals surface area (Å²) < 4.78 is 0. The number of amides is 2. The number of nitrogen functional groups attached to an aromatic ring is 1. The van der Waals surface area contributed by atoms with Crippen LogP contribution in [0.3, 0.4) is 0 Å². The van der Waals surface area contributed by atoms with Crippen LogP contribution < -0.4 is 21.9 Å². The summed E-state index contributed by atoms with van der Waals surface area (Å²) in [5, 5.41) is 104. The van der Waals surface area contributed by atoms with Crippen LogP contribution in [0.2, 0.25) is 0 Å². The highest BCUT2D eigenvalue weighted by Gasteiger charge is 2.41. The molecule has 11 atom stereocenters. The largest absolute Gasteiger partial charge is 0.481 e. The SMILES string of the molecule is CC[C@H](CC(=O)[C@@H](NC(=O)[C@H](C)CC(=O)[C@@H](NC(=O)CC[C@H](CC(=O)c1ccc(CCc2cnc3nc(N)[nH]c(=O)c3n2)cc1)C(=O)O)[C@@H](O)[C@H](O)[C@H](O)CO)[C@@H](O)[C@H](O)[C@H](O)CO)C(=O)O. The first-order valence-corrected chi connectivity index (χ1v) is 21.1. The number of nitrogens with two attached hydrogens (primary N) is 1. The minimum atomic E-state index is -2.34. The first-order valence-electron chi connectivity index (χ1n) is 21.1. The fraction of sp³-hybridized carbons (Fsp3) is 0.548. The lowest BCUT2D eigenvalue weighted by molar-refractivity contribution is -0.146. The van der Waals surface area contributed by atoms with Crippen LogP contribution in [0.25, 0.3) is 11.2 Å². The van der Waals surface area contributed by atoms with Crippen molar-refractivity contribution >= 4 is 58.2 Å². The third kappa shape index (κ3) is 15.7. The first kappa shape index (κ1) is 55.1. The van der Waals surface area contributed by atoms with Gasteiger partial charge in [0.2, 0.25) is 17.8 Å². The monoisotopic (exact) mass is 947 g/mol. The zero-order valence-corrected chi connectivity index (χ0v) is 36.5. The number of ketones is 3. The molecule has 67 heavy (non-hydrogen) atoms. The molecule has 3 rings (SSSR count). The van der Waals surface area contributed by atoms with E-state index < -0.39 is 158 Å². The molecular weight excluding hydrogens is 890 g/mol. The van der Waals surface area contributed by atoms with Gasteiger partial charge in [-0.3, -0.25) is 43.3 Å². The van der Waals surface area contributed by atoms with Gasteiger partial charge in [0.25, 0.3) is 5.56 Å². The number of anilines is 1. The number of aromatic nitrogens is 4.